The molecule has 0 radical (unpaired) electrons. The number of fused-ring (bicyclic) bond motifs is 1. The lowest BCUT2D eigenvalue weighted by Gasteiger charge is -2.08. The lowest BCUT2D eigenvalue weighted by atomic mass is 10.1. The number of para-hydroxylation sites is 1. The highest BCUT2D eigenvalue weighted by Crippen LogP contribution is 2.16. The second-order valence-electron chi connectivity index (χ2n) is 5.20. The van der Waals surface area contributed by atoms with Crippen molar-refractivity contribution >= 4 is 16.8 Å². The topological polar surface area (TPSA) is 60.5 Å². The van der Waals surface area contributed by atoms with Gasteiger partial charge in [0.05, 0.1) is 24.7 Å². The summed E-state index contributed by atoms with van der Waals surface area (Å²) in [6.45, 7) is 0.802. The third-order valence-electron chi connectivity index (χ3n) is 3.57. The van der Waals surface area contributed by atoms with Gasteiger partial charge in [0.2, 0.25) is 0 Å². The number of rotatable bonds is 6. The van der Waals surface area contributed by atoms with E-state index in [2.05, 4.69) is 10.3 Å². The number of carbonyl (C=O) groups excluding carboxylic acids is 1. The van der Waals surface area contributed by atoms with Crippen molar-refractivity contribution < 1.29 is 14.3 Å². The first-order chi connectivity index (χ1) is 11.8. The molecule has 24 heavy (non-hydrogen) atoms. The van der Waals surface area contributed by atoms with E-state index < -0.39 is 0 Å². The molecule has 1 N–H and O–H groups in total. The van der Waals surface area contributed by atoms with Crippen molar-refractivity contribution in [2.24, 2.45) is 0 Å². The summed E-state index contributed by atoms with van der Waals surface area (Å²) in [6.07, 6.45) is 1.59. The maximum Gasteiger partial charge on any atom is 0.252 e. The summed E-state index contributed by atoms with van der Waals surface area (Å²) in [4.78, 5) is 16.5. The molecule has 0 saturated carbocycles. The summed E-state index contributed by atoms with van der Waals surface area (Å²) in [5.41, 5.74) is 1.41. The first-order valence-corrected chi connectivity index (χ1v) is 7.66. The highest BCUT2D eigenvalue weighted by molar-refractivity contribution is 5.97. The Balaban J connectivity index is 1.51. The molecule has 5 nitrogen and oxygen atoms in total. The predicted molar refractivity (Wildman–Crippen MR) is 92.6 cm³/mol. The molecule has 0 fully saturated rings. The Morgan fingerprint density at radius 1 is 1.08 bits per heavy atom. The molecule has 0 atom stereocenters. The molecule has 2 aromatic carbocycles. The second kappa shape index (κ2) is 7.46. The van der Waals surface area contributed by atoms with E-state index in [1.807, 2.05) is 54.6 Å². The number of nitrogens with one attached hydrogen (secondary N) is 1. The smallest absolute Gasteiger partial charge is 0.252 e. The van der Waals surface area contributed by atoms with Gasteiger partial charge < -0.3 is 14.8 Å². The van der Waals surface area contributed by atoms with Crippen molar-refractivity contribution in [1.82, 2.24) is 10.3 Å². The summed E-state index contributed by atoms with van der Waals surface area (Å²) in [6, 6.07) is 16.8. The van der Waals surface area contributed by atoms with Gasteiger partial charge >= 0.3 is 0 Å². The minimum absolute atomic E-state index is 0.161. The number of nitrogens with zero attached hydrogens (tertiary/aromatic N) is 1. The average molecular weight is 322 g/mol. The first kappa shape index (κ1) is 15.8. The summed E-state index contributed by atoms with van der Waals surface area (Å²) in [7, 11) is 1.62. The summed E-state index contributed by atoms with van der Waals surface area (Å²) < 4.78 is 10.7. The monoisotopic (exact) mass is 322 g/mol. The van der Waals surface area contributed by atoms with Crippen molar-refractivity contribution in [3.05, 3.63) is 66.4 Å². The summed E-state index contributed by atoms with van der Waals surface area (Å²) in [5, 5.41) is 3.77. The van der Waals surface area contributed by atoms with E-state index in [1.54, 1.807) is 13.3 Å². The average Bonchev–Trinajstić information content (AvgIpc) is 2.65. The number of aromatic nitrogens is 1. The molecule has 0 unspecified atom stereocenters. The fraction of sp³-hybridized carbons (Fsp3) is 0.158. The highest BCUT2D eigenvalue weighted by atomic mass is 16.5. The van der Waals surface area contributed by atoms with Crippen LogP contribution >= 0.6 is 0 Å². The van der Waals surface area contributed by atoms with Crippen molar-refractivity contribution in [3.8, 4) is 11.5 Å². The van der Waals surface area contributed by atoms with Crippen LogP contribution in [0.25, 0.3) is 10.9 Å². The largest absolute Gasteiger partial charge is 0.497 e. The van der Waals surface area contributed by atoms with Crippen LogP contribution in [0, 0.1) is 0 Å². The van der Waals surface area contributed by atoms with Gasteiger partial charge in [-0.15, -0.1) is 0 Å². The van der Waals surface area contributed by atoms with Crippen molar-refractivity contribution in [2.45, 2.75) is 0 Å². The number of ether oxygens (including phenoxy) is 2. The van der Waals surface area contributed by atoms with Crippen LogP contribution < -0.4 is 14.8 Å². The SMILES string of the molecule is COc1ccc(OCCNC(=O)c2cnc3ccccc3c2)cc1. The third-order valence-corrected chi connectivity index (χ3v) is 3.57. The number of carbonyl (C=O) groups is 1. The second-order valence-corrected chi connectivity index (χ2v) is 5.20. The molecule has 5 heteroatoms. The van der Waals surface area contributed by atoms with Gasteiger partial charge in [-0.25, -0.2) is 0 Å². The number of hydrogen-bond donors (Lipinski definition) is 1. The maximum absolute atomic E-state index is 12.2. The Labute approximate surface area is 140 Å². The number of hydrogen-bond acceptors (Lipinski definition) is 4. The van der Waals surface area contributed by atoms with E-state index in [0.29, 0.717) is 18.7 Å². The lowest BCUT2D eigenvalue weighted by Crippen LogP contribution is -2.28. The van der Waals surface area contributed by atoms with Gasteiger partial charge in [-0.2, -0.15) is 0 Å². The van der Waals surface area contributed by atoms with Crippen LogP contribution in [0.5, 0.6) is 11.5 Å². The standard InChI is InChI=1S/C19H18N2O3/c1-23-16-6-8-17(9-7-16)24-11-10-20-19(22)15-12-14-4-2-3-5-18(14)21-13-15/h2-9,12-13H,10-11H2,1H3,(H,20,22). The zero-order valence-electron chi connectivity index (χ0n) is 13.4. The molecule has 0 bridgehead atoms. The van der Waals surface area contributed by atoms with Gasteiger partial charge in [-0.05, 0) is 36.4 Å². The molecule has 3 aromatic rings. The first-order valence-electron chi connectivity index (χ1n) is 7.66. The van der Waals surface area contributed by atoms with Crippen LogP contribution in [0.15, 0.2) is 60.8 Å². The molecular weight excluding hydrogens is 304 g/mol. The molecule has 1 amide bonds. The van der Waals surface area contributed by atoms with Gasteiger partial charge in [0.15, 0.2) is 0 Å². The van der Waals surface area contributed by atoms with Gasteiger partial charge in [0.25, 0.3) is 5.91 Å². The minimum atomic E-state index is -0.161. The molecule has 0 aliphatic carbocycles. The van der Waals surface area contributed by atoms with Crippen LogP contribution in [-0.4, -0.2) is 31.2 Å². The Bertz CT molecular complexity index is 831. The van der Waals surface area contributed by atoms with Gasteiger partial charge in [0, 0.05) is 11.6 Å². The molecule has 122 valence electrons. The fourth-order valence-corrected chi connectivity index (χ4v) is 2.30. The van der Waals surface area contributed by atoms with Crippen LogP contribution in [0.4, 0.5) is 0 Å². The number of methoxy groups -OCH3 is 1. The van der Waals surface area contributed by atoms with Crippen LogP contribution in [-0.2, 0) is 0 Å². The summed E-state index contributed by atoms with van der Waals surface area (Å²) >= 11 is 0. The molecule has 0 aliphatic heterocycles. The van der Waals surface area contributed by atoms with Gasteiger partial charge in [-0.3, -0.25) is 9.78 Å². The molecular formula is C19H18N2O3. The van der Waals surface area contributed by atoms with E-state index in [-0.39, 0.29) is 5.91 Å². The van der Waals surface area contributed by atoms with Crippen molar-refractivity contribution in [3.63, 3.8) is 0 Å². The number of benzene rings is 2. The van der Waals surface area contributed by atoms with E-state index in [9.17, 15) is 4.79 Å². The van der Waals surface area contributed by atoms with Gasteiger partial charge in [-0.1, -0.05) is 18.2 Å². The van der Waals surface area contributed by atoms with Crippen LogP contribution in [0.1, 0.15) is 10.4 Å². The third kappa shape index (κ3) is 3.81. The van der Waals surface area contributed by atoms with E-state index in [1.165, 1.54) is 0 Å². The highest BCUT2D eigenvalue weighted by Gasteiger charge is 2.06. The van der Waals surface area contributed by atoms with Gasteiger partial charge in [0.1, 0.15) is 18.1 Å². The van der Waals surface area contributed by atoms with E-state index >= 15 is 0 Å². The Kier molecular flexibility index (Phi) is 4.91. The molecule has 0 aliphatic rings. The lowest BCUT2D eigenvalue weighted by molar-refractivity contribution is 0.0947. The predicted octanol–water partition coefficient (Wildman–Crippen LogP) is 3.05. The maximum atomic E-state index is 12.2. The molecule has 0 saturated heterocycles. The van der Waals surface area contributed by atoms with Crippen LogP contribution in [0.2, 0.25) is 0 Å². The van der Waals surface area contributed by atoms with E-state index in [4.69, 9.17) is 9.47 Å². The van der Waals surface area contributed by atoms with Crippen LogP contribution in [0.3, 0.4) is 0 Å². The van der Waals surface area contributed by atoms with Crippen molar-refractivity contribution in [2.75, 3.05) is 20.3 Å². The quantitative estimate of drug-likeness (QED) is 0.709. The zero-order valence-corrected chi connectivity index (χ0v) is 13.4. The Morgan fingerprint density at radius 3 is 2.62 bits per heavy atom. The molecule has 1 heterocycles. The molecule has 1 aromatic heterocycles. The molecule has 0 spiro atoms. The minimum Gasteiger partial charge on any atom is -0.497 e. The van der Waals surface area contributed by atoms with Crippen molar-refractivity contribution in [1.29, 1.82) is 0 Å². The zero-order chi connectivity index (χ0) is 16.8. The number of pyridine rings is 1. The Hall–Kier alpha value is -3.08. The van der Waals surface area contributed by atoms with E-state index in [0.717, 1.165) is 22.4 Å². The summed E-state index contributed by atoms with van der Waals surface area (Å²) in [5.74, 6) is 1.35. The molecule has 3 rings (SSSR count). The normalized spacial score (nSPS) is 10.4. The number of amides is 1. The fourth-order valence-electron chi connectivity index (χ4n) is 2.30. The Morgan fingerprint density at radius 2 is 1.83 bits per heavy atom.